The minimum absolute atomic E-state index is 0.0178. The molecule has 2 aromatic carbocycles. The molecule has 2 aromatic rings. The van der Waals surface area contributed by atoms with Crippen LogP contribution < -0.4 is 10.6 Å². The van der Waals surface area contributed by atoms with Crippen molar-refractivity contribution in [2.75, 3.05) is 0 Å². The summed E-state index contributed by atoms with van der Waals surface area (Å²) in [6, 6.07) is 14.3. The number of nitriles is 1. The average Bonchev–Trinajstić information content (AvgIpc) is 2.69. The number of fused-ring (bicyclic) bond motifs is 1. The number of hydrazone groups is 1. The van der Waals surface area contributed by atoms with E-state index < -0.39 is 0 Å². The topological polar surface area (TPSA) is 71.4 Å². The van der Waals surface area contributed by atoms with Gasteiger partial charge in [-0.2, -0.15) is 10.4 Å². The van der Waals surface area contributed by atoms with Crippen molar-refractivity contribution in [2.24, 2.45) is 10.9 Å². The quantitative estimate of drug-likeness (QED) is 0.351. The molecular weight excluding hydrogens is 354 g/mol. The molecular formula is C22H25N3OS. The SMILES string of the molecule is CC(C)Oc1ccc(/C(=N/N)SCc2cccc3c2CCCC3)cc1C#N. The second-order valence-electron chi connectivity index (χ2n) is 6.97. The van der Waals surface area contributed by atoms with E-state index in [0.717, 1.165) is 22.8 Å². The zero-order chi connectivity index (χ0) is 19.2. The third kappa shape index (κ3) is 4.64. The molecule has 3 rings (SSSR count). The van der Waals surface area contributed by atoms with Crippen LogP contribution in [0.5, 0.6) is 5.75 Å². The van der Waals surface area contributed by atoms with Crippen LogP contribution in [0.1, 0.15) is 54.5 Å². The number of nitrogens with zero attached hydrogens (tertiary/aromatic N) is 2. The maximum absolute atomic E-state index is 9.44. The maximum atomic E-state index is 9.44. The average molecular weight is 380 g/mol. The molecule has 0 aromatic heterocycles. The molecule has 0 radical (unpaired) electrons. The van der Waals surface area contributed by atoms with Crippen molar-refractivity contribution in [3.8, 4) is 11.8 Å². The van der Waals surface area contributed by atoms with Gasteiger partial charge in [0.15, 0.2) is 0 Å². The number of rotatable bonds is 5. The van der Waals surface area contributed by atoms with Crippen molar-refractivity contribution in [3.05, 3.63) is 64.2 Å². The standard InChI is InChI=1S/C22H25N3OS/c1-15(2)26-21-11-10-17(12-19(21)13-23)22(25-24)27-14-18-8-5-7-16-6-3-4-9-20(16)18/h5,7-8,10-12,15H,3-4,6,9,14,24H2,1-2H3/b25-22-. The summed E-state index contributed by atoms with van der Waals surface area (Å²) in [7, 11) is 0. The highest BCUT2D eigenvalue weighted by molar-refractivity contribution is 8.13. The normalized spacial score (nSPS) is 13.9. The van der Waals surface area contributed by atoms with E-state index in [1.54, 1.807) is 17.8 Å². The van der Waals surface area contributed by atoms with Crippen LogP contribution in [0.15, 0.2) is 41.5 Å². The van der Waals surface area contributed by atoms with Crippen molar-refractivity contribution in [1.82, 2.24) is 0 Å². The third-order valence-corrected chi connectivity index (χ3v) is 5.75. The van der Waals surface area contributed by atoms with Crippen molar-refractivity contribution in [2.45, 2.75) is 51.4 Å². The fourth-order valence-electron chi connectivity index (χ4n) is 3.44. The van der Waals surface area contributed by atoms with Gasteiger partial charge in [0.2, 0.25) is 0 Å². The van der Waals surface area contributed by atoms with Gasteiger partial charge >= 0.3 is 0 Å². The van der Waals surface area contributed by atoms with E-state index in [4.69, 9.17) is 10.6 Å². The van der Waals surface area contributed by atoms with Gasteiger partial charge < -0.3 is 10.6 Å². The monoisotopic (exact) mass is 379 g/mol. The number of nitrogens with two attached hydrogens (primary N) is 1. The van der Waals surface area contributed by atoms with E-state index in [9.17, 15) is 5.26 Å². The minimum Gasteiger partial charge on any atom is -0.490 e. The Balaban J connectivity index is 1.78. The zero-order valence-electron chi connectivity index (χ0n) is 15.9. The maximum Gasteiger partial charge on any atom is 0.137 e. The van der Waals surface area contributed by atoms with Gasteiger partial charge in [-0.1, -0.05) is 30.0 Å². The minimum atomic E-state index is 0.0178. The molecule has 27 heavy (non-hydrogen) atoms. The van der Waals surface area contributed by atoms with Gasteiger partial charge in [-0.3, -0.25) is 0 Å². The van der Waals surface area contributed by atoms with Gasteiger partial charge in [0.25, 0.3) is 0 Å². The van der Waals surface area contributed by atoms with E-state index in [1.807, 2.05) is 26.0 Å². The summed E-state index contributed by atoms with van der Waals surface area (Å²) < 4.78 is 5.70. The van der Waals surface area contributed by atoms with E-state index in [2.05, 4.69) is 29.4 Å². The first-order valence-corrected chi connectivity index (χ1v) is 10.3. The van der Waals surface area contributed by atoms with Gasteiger partial charge in [0.1, 0.15) is 16.9 Å². The highest BCUT2D eigenvalue weighted by atomic mass is 32.2. The molecule has 0 atom stereocenters. The van der Waals surface area contributed by atoms with Gasteiger partial charge in [0, 0.05) is 11.3 Å². The Morgan fingerprint density at radius 2 is 2.07 bits per heavy atom. The lowest BCUT2D eigenvalue weighted by molar-refractivity contribution is 0.241. The number of hydrogen-bond donors (Lipinski definition) is 1. The predicted octanol–water partition coefficient (Wildman–Crippen LogP) is 4.78. The van der Waals surface area contributed by atoms with Crippen LogP contribution in [0, 0.1) is 11.3 Å². The second kappa shape index (κ2) is 8.96. The Morgan fingerprint density at radius 3 is 2.81 bits per heavy atom. The van der Waals surface area contributed by atoms with Crippen LogP contribution in [-0.2, 0) is 18.6 Å². The smallest absolute Gasteiger partial charge is 0.137 e. The van der Waals surface area contributed by atoms with Gasteiger partial charge in [-0.15, -0.1) is 0 Å². The molecule has 0 amide bonds. The van der Waals surface area contributed by atoms with Crippen molar-refractivity contribution in [3.63, 3.8) is 0 Å². The number of hydrogen-bond acceptors (Lipinski definition) is 5. The van der Waals surface area contributed by atoms with Crippen molar-refractivity contribution in [1.29, 1.82) is 5.26 Å². The van der Waals surface area contributed by atoms with E-state index in [0.29, 0.717) is 11.3 Å². The molecule has 0 spiro atoms. The molecule has 5 heteroatoms. The van der Waals surface area contributed by atoms with E-state index >= 15 is 0 Å². The van der Waals surface area contributed by atoms with Crippen LogP contribution >= 0.6 is 11.8 Å². The predicted molar refractivity (Wildman–Crippen MR) is 112 cm³/mol. The third-order valence-electron chi connectivity index (χ3n) is 4.68. The second-order valence-corrected chi connectivity index (χ2v) is 7.94. The summed E-state index contributed by atoms with van der Waals surface area (Å²) >= 11 is 1.61. The lowest BCUT2D eigenvalue weighted by atomic mass is 9.89. The van der Waals surface area contributed by atoms with Crippen LogP contribution in [0.4, 0.5) is 0 Å². The molecule has 2 N–H and O–H groups in total. The van der Waals surface area contributed by atoms with E-state index in [1.165, 1.54) is 36.0 Å². The molecule has 0 bridgehead atoms. The number of thioether (sulfide) groups is 1. The molecule has 0 heterocycles. The Kier molecular flexibility index (Phi) is 6.41. The Morgan fingerprint density at radius 1 is 1.26 bits per heavy atom. The fraction of sp³-hybridized carbons (Fsp3) is 0.364. The summed E-state index contributed by atoms with van der Waals surface area (Å²) in [5, 5.41) is 14.2. The summed E-state index contributed by atoms with van der Waals surface area (Å²) in [6.45, 7) is 3.89. The summed E-state index contributed by atoms with van der Waals surface area (Å²) in [6.07, 6.45) is 4.88. The zero-order valence-corrected chi connectivity index (χ0v) is 16.7. The molecule has 0 fully saturated rings. The van der Waals surface area contributed by atoms with Crippen LogP contribution in [0.2, 0.25) is 0 Å². The largest absolute Gasteiger partial charge is 0.490 e. The molecule has 4 nitrogen and oxygen atoms in total. The first-order valence-electron chi connectivity index (χ1n) is 9.34. The molecule has 0 unspecified atom stereocenters. The van der Waals surface area contributed by atoms with Crippen LogP contribution in [-0.4, -0.2) is 11.1 Å². The number of aryl methyl sites for hydroxylation is 1. The molecule has 0 saturated heterocycles. The first kappa shape index (κ1) is 19.3. The first-order chi connectivity index (χ1) is 13.1. The summed E-state index contributed by atoms with van der Waals surface area (Å²) in [5.41, 5.74) is 5.68. The molecule has 0 aliphatic heterocycles. The van der Waals surface area contributed by atoms with Crippen molar-refractivity contribution >= 4 is 16.8 Å². The highest BCUT2D eigenvalue weighted by Gasteiger charge is 2.15. The number of ether oxygens (including phenoxy) is 1. The summed E-state index contributed by atoms with van der Waals surface area (Å²) in [4.78, 5) is 0. The highest BCUT2D eigenvalue weighted by Crippen LogP contribution is 2.29. The Bertz CT molecular complexity index is 884. The molecule has 1 aliphatic carbocycles. The Labute approximate surface area is 165 Å². The van der Waals surface area contributed by atoms with Crippen LogP contribution in [0.25, 0.3) is 0 Å². The lowest BCUT2D eigenvalue weighted by Gasteiger charge is -2.19. The summed E-state index contributed by atoms with van der Waals surface area (Å²) in [5.74, 6) is 7.09. The van der Waals surface area contributed by atoms with Gasteiger partial charge in [0.05, 0.1) is 11.7 Å². The fourth-order valence-corrected chi connectivity index (χ4v) is 4.37. The lowest BCUT2D eigenvalue weighted by Crippen LogP contribution is -2.08. The molecule has 0 saturated carbocycles. The molecule has 140 valence electrons. The van der Waals surface area contributed by atoms with Gasteiger partial charge in [-0.05, 0) is 74.4 Å². The van der Waals surface area contributed by atoms with E-state index in [-0.39, 0.29) is 6.10 Å². The van der Waals surface area contributed by atoms with Crippen molar-refractivity contribution < 1.29 is 4.74 Å². The van der Waals surface area contributed by atoms with Crippen LogP contribution in [0.3, 0.4) is 0 Å². The van der Waals surface area contributed by atoms with Gasteiger partial charge in [-0.25, -0.2) is 0 Å². The number of benzene rings is 2. The Hall–Kier alpha value is -2.45. The molecule has 1 aliphatic rings.